The van der Waals surface area contributed by atoms with Crippen molar-refractivity contribution in [3.8, 4) is 5.75 Å². The van der Waals surface area contributed by atoms with Gasteiger partial charge in [0, 0.05) is 18.5 Å². The van der Waals surface area contributed by atoms with Crippen molar-refractivity contribution in [2.75, 3.05) is 18.9 Å². The fraction of sp³-hybridized carbons (Fsp3) is 0.467. The average Bonchev–Trinajstić information content (AvgIpc) is 2.33. The first-order chi connectivity index (χ1) is 9.37. The Morgan fingerprint density at radius 2 is 1.70 bits per heavy atom. The van der Waals surface area contributed by atoms with Crippen molar-refractivity contribution in [2.45, 2.75) is 26.7 Å². The van der Waals surface area contributed by atoms with E-state index >= 15 is 0 Å². The van der Waals surface area contributed by atoms with Crippen molar-refractivity contribution in [1.29, 1.82) is 0 Å². The molecule has 1 aliphatic heterocycles. The molecule has 0 saturated carbocycles. The standard InChI is InChI=1S/C15H20N2O3/c1-15(2)9-13(18)17(14(19)10-15)7-8-20-12-5-3-11(16)4-6-12/h3-6H,7-10,16H2,1-2H3. The third kappa shape index (κ3) is 3.50. The number of nitrogens with two attached hydrogens (primary N) is 1. The first kappa shape index (κ1) is 14.4. The van der Waals surface area contributed by atoms with Gasteiger partial charge in [0.2, 0.25) is 11.8 Å². The van der Waals surface area contributed by atoms with E-state index in [0.717, 1.165) is 0 Å². The highest BCUT2D eigenvalue weighted by Crippen LogP contribution is 2.31. The van der Waals surface area contributed by atoms with E-state index in [1.165, 1.54) is 4.90 Å². The predicted molar refractivity (Wildman–Crippen MR) is 76.1 cm³/mol. The zero-order chi connectivity index (χ0) is 14.8. The molecule has 1 aliphatic rings. The van der Waals surface area contributed by atoms with Crippen LogP contribution in [0.5, 0.6) is 5.75 Å². The van der Waals surface area contributed by atoms with Crippen LogP contribution in [0.25, 0.3) is 0 Å². The number of amides is 2. The molecule has 0 atom stereocenters. The van der Waals surface area contributed by atoms with Crippen LogP contribution in [0.4, 0.5) is 5.69 Å². The number of rotatable bonds is 4. The van der Waals surface area contributed by atoms with E-state index in [9.17, 15) is 9.59 Å². The van der Waals surface area contributed by atoms with E-state index in [0.29, 0.717) is 30.9 Å². The normalized spacial score (nSPS) is 18.2. The van der Waals surface area contributed by atoms with E-state index in [4.69, 9.17) is 10.5 Å². The average molecular weight is 276 g/mol. The van der Waals surface area contributed by atoms with Gasteiger partial charge in [0.15, 0.2) is 0 Å². The van der Waals surface area contributed by atoms with Crippen LogP contribution in [0, 0.1) is 5.41 Å². The molecule has 5 nitrogen and oxygen atoms in total. The summed E-state index contributed by atoms with van der Waals surface area (Å²) in [6.45, 7) is 4.45. The maximum Gasteiger partial charge on any atom is 0.229 e. The zero-order valence-corrected chi connectivity index (χ0v) is 11.9. The molecule has 0 spiro atoms. The van der Waals surface area contributed by atoms with Crippen molar-refractivity contribution >= 4 is 17.5 Å². The van der Waals surface area contributed by atoms with Crippen LogP contribution in [0.15, 0.2) is 24.3 Å². The second kappa shape index (κ2) is 5.53. The van der Waals surface area contributed by atoms with Gasteiger partial charge in [-0.05, 0) is 29.7 Å². The van der Waals surface area contributed by atoms with Gasteiger partial charge in [-0.15, -0.1) is 0 Å². The monoisotopic (exact) mass is 276 g/mol. The summed E-state index contributed by atoms with van der Waals surface area (Å²) in [6.07, 6.45) is 0.807. The van der Waals surface area contributed by atoms with Crippen molar-refractivity contribution in [1.82, 2.24) is 4.90 Å². The van der Waals surface area contributed by atoms with Crippen LogP contribution >= 0.6 is 0 Å². The van der Waals surface area contributed by atoms with Gasteiger partial charge in [-0.2, -0.15) is 0 Å². The molecule has 1 heterocycles. The Kier molecular flexibility index (Phi) is 3.97. The Labute approximate surface area is 118 Å². The number of nitrogens with zero attached hydrogens (tertiary/aromatic N) is 1. The fourth-order valence-electron chi connectivity index (χ4n) is 2.28. The molecule has 0 bridgehead atoms. The van der Waals surface area contributed by atoms with Crippen LogP contribution < -0.4 is 10.5 Å². The molecule has 108 valence electrons. The second-order valence-electron chi connectivity index (χ2n) is 5.87. The lowest BCUT2D eigenvalue weighted by Crippen LogP contribution is -2.47. The first-order valence-electron chi connectivity index (χ1n) is 6.69. The molecule has 2 amide bonds. The van der Waals surface area contributed by atoms with Crippen LogP contribution in [-0.4, -0.2) is 29.9 Å². The third-order valence-corrected chi connectivity index (χ3v) is 3.33. The number of hydrogen-bond donors (Lipinski definition) is 1. The van der Waals surface area contributed by atoms with Gasteiger partial charge in [-0.25, -0.2) is 0 Å². The minimum absolute atomic E-state index is 0.118. The Hall–Kier alpha value is -2.04. The maximum atomic E-state index is 11.9. The van der Waals surface area contributed by atoms with Crippen molar-refractivity contribution < 1.29 is 14.3 Å². The Morgan fingerprint density at radius 3 is 2.25 bits per heavy atom. The molecular formula is C15H20N2O3. The number of benzene rings is 1. The molecule has 1 saturated heterocycles. The molecule has 1 aromatic rings. The summed E-state index contributed by atoms with van der Waals surface area (Å²) in [5.41, 5.74) is 6.01. The lowest BCUT2D eigenvalue weighted by molar-refractivity contribution is -0.152. The topological polar surface area (TPSA) is 72.6 Å². The predicted octanol–water partition coefficient (Wildman–Crippen LogP) is 1.82. The molecule has 1 fully saturated rings. The Bertz CT molecular complexity index is 488. The van der Waals surface area contributed by atoms with Gasteiger partial charge in [0.25, 0.3) is 0 Å². The summed E-state index contributed by atoms with van der Waals surface area (Å²) in [6, 6.07) is 7.01. The smallest absolute Gasteiger partial charge is 0.229 e. The van der Waals surface area contributed by atoms with Crippen LogP contribution in [0.3, 0.4) is 0 Å². The fourth-order valence-corrected chi connectivity index (χ4v) is 2.28. The lowest BCUT2D eigenvalue weighted by atomic mass is 9.82. The van der Waals surface area contributed by atoms with Gasteiger partial charge in [0.05, 0.1) is 6.54 Å². The number of carbonyl (C=O) groups excluding carboxylic acids is 2. The Balaban J connectivity index is 1.86. The highest BCUT2D eigenvalue weighted by Gasteiger charge is 2.37. The summed E-state index contributed by atoms with van der Waals surface area (Å²) >= 11 is 0. The summed E-state index contributed by atoms with van der Waals surface area (Å²) in [7, 11) is 0. The Morgan fingerprint density at radius 1 is 1.15 bits per heavy atom. The third-order valence-electron chi connectivity index (χ3n) is 3.33. The van der Waals surface area contributed by atoms with Gasteiger partial charge in [-0.1, -0.05) is 13.8 Å². The molecule has 0 radical (unpaired) electrons. The van der Waals surface area contributed by atoms with Crippen molar-refractivity contribution in [2.24, 2.45) is 5.41 Å². The maximum absolute atomic E-state index is 11.9. The number of ether oxygens (including phenoxy) is 1. The van der Waals surface area contributed by atoms with Crippen molar-refractivity contribution in [3.63, 3.8) is 0 Å². The van der Waals surface area contributed by atoms with E-state index in [-0.39, 0.29) is 23.8 Å². The molecule has 2 rings (SSSR count). The number of piperidine rings is 1. The number of anilines is 1. The highest BCUT2D eigenvalue weighted by molar-refractivity contribution is 5.98. The molecule has 20 heavy (non-hydrogen) atoms. The second-order valence-corrected chi connectivity index (χ2v) is 5.87. The van der Waals surface area contributed by atoms with E-state index in [1.807, 2.05) is 13.8 Å². The van der Waals surface area contributed by atoms with Gasteiger partial charge in [-0.3, -0.25) is 14.5 Å². The minimum atomic E-state index is -0.234. The largest absolute Gasteiger partial charge is 0.492 e. The van der Waals surface area contributed by atoms with Crippen LogP contribution in [0.2, 0.25) is 0 Å². The molecule has 5 heteroatoms. The molecule has 0 aliphatic carbocycles. The van der Waals surface area contributed by atoms with Gasteiger partial charge < -0.3 is 10.5 Å². The number of likely N-dealkylation sites (tertiary alicyclic amines) is 1. The van der Waals surface area contributed by atoms with Gasteiger partial charge >= 0.3 is 0 Å². The molecular weight excluding hydrogens is 256 g/mol. The molecule has 1 aromatic carbocycles. The number of nitrogen functional groups attached to an aromatic ring is 1. The van der Waals surface area contributed by atoms with Crippen LogP contribution in [-0.2, 0) is 9.59 Å². The summed E-state index contributed by atoms with van der Waals surface area (Å²) < 4.78 is 5.51. The molecule has 0 unspecified atom stereocenters. The summed E-state index contributed by atoms with van der Waals surface area (Å²) in [4.78, 5) is 25.2. The van der Waals surface area contributed by atoms with E-state index in [1.54, 1.807) is 24.3 Å². The molecule has 2 N–H and O–H groups in total. The molecule has 0 aromatic heterocycles. The minimum Gasteiger partial charge on any atom is -0.492 e. The summed E-state index contributed by atoms with van der Waals surface area (Å²) in [5, 5.41) is 0. The quantitative estimate of drug-likeness (QED) is 0.672. The zero-order valence-electron chi connectivity index (χ0n) is 11.9. The number of imide groups is 1. The summed E-state index contributed by atoms with van der Waals surface area (Å²) in [5.74, 6) is 0.441. The lowest BCUT2D eigenvalue weighted by Gasteiger charge is -2.34. The van der Waals surface area contributed by atoms with E-state index < -0.39 is 0 Å². The van der Waals surface area contributed by atoms with Crippen LogP contribution in [0.1, 0.15) is 26.7 Å². The van der Waals surface area contributed by atoms with Crippen molar-refractivity contribution in [3.05, 3.63) is 24.3 Å². The SMILES string of the molecule is CC1(C)CC(=O)N(CCOc2ccc(N)cc2)C(=O)C1. The number of hydrogen-bond acceptors (Lipinski definition) is 4. The first-order valence-corrected chi connectivity index (χ1v) is 6.69. The highest BCUT2D eigenvalue weighted by atomic mass is 16.5. The van der Waals surface area contributed by atoms with Gasteiger partial charge in [0.1, 0.15) is 12.4 Å². The van der Waals surface area contributed by atoms with E-state index in [2.05, 4.69) is 0 Å². The number of carbonyl (C=O) groups is 2.